The predicted octanol–water partition coefficient (Wildman–Crippen LogP) is -0.435. The van der Waals surface area contributed by atoms with Crippen LogP contribution in [0.4, 0.5) is 0 Å². The maximum absolute atomic E-state index is 12.6. The van der Waals surface area contributed by atoms with Gasteiger partial charge in [-0.25, -0.2) is 27.4 Å². The third-order valence-electron chi connectivity index (χ3n) is 3.93. The number of carbonyl (C=O) groups is 1. The molecule has 0 saturated carbocycles. The van der Waals surface area contributed by atoms with Gasteiger partial charge in [-0.15, -0.1) is 0 Å². The summed E-state index contributed by atoms with van der Waals surface area (Å²) in [6, 6.07) is 2.96. The summed E-state index contributed by atoms with van der Waals surface area (Å²) in [5.41, 5.74) is 0.308. The Bertz CT molecular complexity index is 930. The van der Waals surface area contributed by atoms with Gasteiger partial charge in [0.05, 0.1) is 10.8 Å². The third-order valence-corrected chi connectivity index (χ3v) is 5.99. The van der Waals surface area contributed by atoms with E-state index >= 15 is 0 Å². The average Bonchev–Trinajstić information content (AvgIpc) is 3.13. The van der Waals surface area contributed by atoms with Gasteiger partial charge in [0, 0.05) is 25.3 Å². The minimum Gasteiger partial charge on any atom is -0.337 e. The van der Waals surface area contributed by atoms with E-state index in [-0.39, 0.29) is 18.5 Å². The van der Waals surface area contributed by atoms with Crippen molar-refractivity contribution >= 4 is 21.6 Å². The number of nitrogens with zero attached hydrogens (tertiary/aromatic N) is 3. The largest absolute Gasteiger partial charge is 0.347 e. The monoisotopic (exact) mass is 353 g/mol. The SMILES string of the molecule is CC(C)NS(=O)(=O)C1CCN(C(=O)c2ccc3n[nH]c(=O)n3c2)C1. The Balaban J connectivity index is 1.78. The van der Waals surface area contributed by atoms with Crippen LogP contribution >= 0.6 is 0 Å². The number of sulfonamides is 1. The first-order valence-corrected chi connectivity index (χ1v) is 9.20. The molecule has 0 radical (unpaired) electrons. The molecule has 24 heavy (non-hydrogen) atoms. The Morgan fingerprint density at radius 3 is 2.88 bits per heavy atom. The van der Waals surface area contributed by atoms with Crippen molar-refractivity contribution in [2.24, 2.45) is 0 Å². The summed E-state index contributed by atoms with van der Waals surface area (Å²) in [4.78, 5) is 25.7. The highest BCUT2D eigenvalue weighted by atomic mass is 32.2. The van der Waals surface area contributed by atoms with E-state index in [2.05, 4.69) is 14.9 Å². The molecule has 1 unspecified atom stereocenters. The highest BCUT2D eigenvalue weighted by molar-refractivity contribution is 7.90. The maximum atomic E-state index is 12.6. The van der Waals surface area contributed by atoms with Crippen molar-refractivity contribution in [2.45, 2.75) is 31.6 Å². The number of hydrogen-bond donors (Lipinski definition) is 2. The molecule has 1 amide bonds. The van der Waals surface area contributed by atoms with Crippen LogP contribution in [0.5, 0.6) is 0 Å². The second-order valence-electron chi connectivity index (χ2n) is 6.15. The Labute approximate surface area is 138 Å². The van der Waals surface area contributed by atoms with Gasteiger partial charge >= 0.3 is 5.69 Å². The molecule has 3 heterocycles. The van der Waals surface area contributed by atoms with Gasteiger partial charge in [0.15, 0.2) is 5.65 Å². The van der Waals surface area contributed by atoms with E-state index in [0.717, 1.165) is 0 Å². The number of nitrogens with one attached hydrogen (secondary N) is 2. The van der Waals surface area contributed by atoms with E-state index in [0.29, 0.717) is 24.2 Å². The number of pyridine rings is 1. The number of likely N-dealkylation sites (tertiary alicyclic amines) is 1. The van der Waals surface area contributed by atoms with Crippen molar-refractivity contribution < 1.29 is 13.2 Å². The van der Waals surface area contributed by atoms with E-state index in [1.54, 1.807) is 26.0 Å². The lowest BCUT2D eigenvalue weighted by Gasteiger charge is -2.18. The van der Waals surface area contributed by atoms with Crippen LogP contribution in [0.15, 0.2) is 23.1 Å². The molecule has 130 valence electrons. The predicted molar refractivity (Wildman–Crippen MR) is 87.3 cm³/mol. The molecule has 1 aliphatic rings. The van der Waals surface area contributed by atoms with Crippen LogP contribution in [0.25, 0.3) is 5.65 Å². The van der Waals surface area contributed by atoms with Gasteiger partial charge in [-0.2, -0.15) is 5.10 Å². The zero-order valence-electron chi connectivity index (χ0n) is 13.4. The van der Waals surface area contributed by atoms with Crippen molar-refractivity contribution in [3.8, 4) is 0 Å². The first-order chi connectivity index (χ1) is 11.3. The van der Waals surface area contributed by atoms with E-state index < -0.39 is 21.0 Å². The second kappa shape index (κ2) is 6.02. The van der Waals surface area contributed by atoms with E-state index in [1.807, 2.05) is 0 Å². The zero-order valence-corrected chi connectivity index (χ0v) is 14.2. The number of carbonyl (C=O) groups excluding carboxylic acids is 1. The number of fused-ring (bicyclic) bond motifs is 1. The zero-order chi connectivity index (χ0) is 17.5. The minimum absolute atomic E-state index is 0.138. The van der Waals surface area contributed by atoms with Gasteiger partial charge in [-0.05, 0) is 32.4 Å². The molecule has 1 saturated heterocycles. The highest BCUT2D eigenvalue weighted by Gasteiger charge is 2.35. The van der Waals surface area contributed by atoms with E-state index in [9.17, 15) is 18.0 Å². The van der Waals surface area contributed by atoms with Gasteiger partial charge in [0.1, 0.15) is 0 Å². The summed E-state index contributed by atoms with van der Waals surface area (Å²) in [7, 11) is -3.45. The molecule has 2 N–H and O–H groups in total. The Morgan fingerprint density at radius 1 is 1.42 bits per heavy atom. The van der Waals surface area contributed by atoms with Gasteiger partial charge in [-0.1, -0.05) is 0 Å². The number of aromatic amines is 1. The molecule has 2 aromatic heterocycles. The lowest BCUT2D eigenvalue weighted by molar-refractivity contribution is 0.0792. The molecular formula is C14H19N5O4S. The van der Waals surface area contributed by atoms with Crippen LogP contribution < -0.4 is 10.4 Å². The summed E-state index contributed by atoms with van der Waals surface area (Å²) in [6.45, 7) is 4.01. The third kappa shape index (κ3) is 3.06. The molecule has 2 aromatic rings. The summed E-state index contributed by atoms with van der Waals surface area (Å²) in [5, 5.41) is 5.48. The van der Waals surface area contributed by atoms with Gasteiger partial charge in [0.25, 0.3) is 5.91 Å². The molecule has 1 fully saturated rings. The van der Waals surface area contributed by atoms with Crippen molar-refractivity contribution in [3.63, 3.8) is 0 Å². The second-order valence-corrected chi connectivity index (χ2v) is 8.15. The molecule has 1 atom stereocenters. The van der Waals surface area contributed by atoms with Crippen molar-refractivity contribution in [2.75, 3.05) is 13.1 Å². The molecule has 1 aliphatic heterocycles. The lowest BCUT2D eigenvalue weighted by Crippen LogP contribution is -2.40. The van der Waals surface area contributed by atoms with Crippen LogP contribution in [0.3, 0.4) is 0 Å². The molecule has 3 rings (SSSR count). The Morgan fingerprint density at radius 2 is 2.17 bits per heavy atom. The van der Waals surface area contributed by atoms with E-state index in [1.165, 1.54) is 15.5 Å². The molecule has 0 aromatic carbocycles. The van der Waals surface area contributed by atoms with Gasteiger partial charge < -0.3 is 4.90 Å². The fourth-order valence-electron chi connectivity index (χ4n) is 2.81. The molecule has 10 heteroatoms. The van der Waals surface area contributed by atoms with Crippen LogP contribution in [0.2, 0.25) is 0 Å². The minimum atomic E-state index is -3.45. The van der Waals surface area contributed by atoms with Crippen LogP contribution in [0, 0.1) is 0 Å². The molecule has 0 bridgehead atoms. The smallest absolute Gasteiger partial charge is 0.337 e. The lowest BCUT2D eigenvalue weighted by atomic mass is 10.2. The molecular weight excluding hydrogens is 334 g/mol. The van der Waals surface area contributed by atoms with Gasteiger partial charge in [-0.3, -0.25) is 4.79 Å². The number of amides is 1. The van der Waals surface area contributed by atoms with E-state index in [4.69, 9.17) is 0 Å². The number of hydrogen-bond acceptors (Lipinski definition) is 5. The fourth-order valence-corrected chi connectivity index (χ4v) is 4.45. The number of rotatable bonds is 4. The average molecular weight is 353 g/mol. The highest BCUT2D eigenvalue weighted by Crippen LogP contribution is 2.19. The summed E-state index contributed by atoms with van der Waals surface area (Å²) >= 11 is 0. The quantitative estimate of drug-likeness (QED) is 0.773. The van der Waals surface area contributed by atoms with Crippen LogP contribution in [0.1, 0.15) is 30.6 Å². The maximum Gasteiger partial charge on any atom is 0.347 e. The molecule has 0 aliphatic carbocycles. The molecule has 0 spiro atoms. The van der Waals surface area contributed by atoms with Crippen molar-refractivity contribution in [1.82, 2.24) is 24.2 Å². The molecule has 9 nitrogen and oxygen atoms in total. The van der Waals surface area contributed by atoms with Crippen molar-refractivity contribution in [3.05, 3.63) is 34.4 Å². The standard InChI is InChI=1S/C14H19N5O4S/c1-9(2)17-24(22,23)11-5-6-18(8-11)13(20)10-3-4-12-15-16-14(21)19(12)7-10/h3-4,7,9,11,17H,5-6,8H2,1-2H3,(H,16,21). The first-order valence-electron chi connectivity index (χ1n) is 7.65. The topological polar surface area (TPSA) is 117 Å². The Hall–Kier alpha value is -2.20. The summed E-state index contributed by atoms with van der Waals surface area (Å²) in [5.74, 6) is -0.299. The summed E-state index contributed by atoms with van der Waals surface area (Å²) < 4.78 is 28.3. The number of H-pyrrole nitrogens is 1. The summed E-state index contributed by atoms with van der Waals surface area (Å²) in [6.07, 6.45) is 1.80. The van der Waals surface area contributed by atoms with Crippen LogP contribution in [-0.2, 0) is 10.0 Å². The first kappa shape index (κ1) is 16.7. The normalized spacial score (nSPS) is 18.6. The van der Waals surface area contributed by atoms with Crippen LogP contribution in [-0.4, -0.2) is 58.2 Å². The Kier molecular flexibility index (Phi) is 4.18. The fraction of sp³-hybridized carbons (Fsp3) is 0.500. The number of aromatic nitrogens is 3. The van der Waals surface area contributed by atoms with Crippen molar-refractivity contribution in [1.29, 1.82) is 0 Å². The van der Waals surface area contributed by atoms with Gasteiger partial charge in [0.2, 0.25) is 10.0 Å².